The Bertz CT molecular complexity index is 812. The minimum Gasteiger partial charge on any atom is -0.508 e. The Labute approximate surface area is 170 Å². The maximum absolute atomic E-state index is 11.1. The Balaban J connectivity index is 0.00000280. The van der Waals surface area contributed by atoms with Crippen molar-refractivity contribution in [3.05, 3.63) is 54.1 Å². The van der Waals surface area contributed by atoms with Crippen LogP contribution in [0.2, 0.25) is 0 Å². The van der Waals surface area contributed by atoms with Gasteiger partial charge in [-0.05, 0) is 42.6 Å². The van der Waals surface area contributed by atoms with Crippen LogP contribution in [0.3, 0.4) is 0 Å². The van der Waals surface area contributed by atoms with Crippen molar-refractivity contribution in [2.45, 2.75) is 12.8 Å². The lowest BCUT2D eigenvalue weighted by Gasteiger charge is -2.29. The molecule has 0 bridgehead atoms. The Hall–Kier alpha value is -2.57. The number of likely N-dealkylation sites (tertiary alicyclic amines) is 1. The molecular weight excluding hydrogens is 380 g/mol. The van der Waals surface area contributed by atoms with Gasteiger partial charge in [0.05, 0.1) is 12.1 Å². The van der Waals surface area contributed by atoms with Gasteiger partial charge in [0.15, 0.2) is 0 Å². The number of aliphatic carboxylic acids is 1. The summed E-state index contributed by atoms with van der Waals surface area (Å²) in [6.45, 7) is 2.55. The van der Waals surface area contributed by atoms with Gasteiger partial charge in [-0.2, -0.15) is 0 Å². The number of piperidine rings is 1. The monoisotopic (exact) mass is 404 g/mol. The molecule has 1 saturated heterocycles. The van der Waals surface area contributed by atoms with E-state index in [1.807, 2.05) is 30.3 Å². The molecule has 28 heavy (non-hydrogen) atoms. The Kier molecular flexibility index (Phi) is 8.29. The fourth-order valence-corrected chi connectivity index (χ4v) is 3.32. The van der Waals surface area contributed by atoms with Crippen molar-refractivity contribution in [2.24, 2.45) is 11.1 Å². The first-order chi connectivity index (χ1) is 13.1. The predicted molar refractivity (Wildman–Crippen MR) is 111 cm³/mol. The van der Waals surface area contributed by atoms with Gasteiger partial charge < -0.3 is 15.1 Å². The Morgan fingerprint density at radius 3 is 2.86 bits per heavy atom. The molecule has 3 rings (SSSR count). The normalized spacial score (nSPS) is 17.2. The second-order valence-electron chi connectivity index (χ2n) is 6.68. The smallest absolute Gasteiger partial charge is 0.307 e. The first kappa shape index (κ1) is 21.7. The van der Waals surface area contributed by atoms with Gasteiger partial charge in [0, 0.05) is 18.7 Å². The summed E-state index contributed by atoms with van der Waals surface area (Å²) in [7, 11) is 0. The molecule has 1 fully saturated rings. The summed E-state index contributed by atoms with van der Waals surface area (Å²) in [6.07, 6.45) is 3.31. The second kappa shape index (κ2) is 10.7. The second-order valence-corrected chi connectivity index (χ2v) is 6.68. The van der Waals surface area contributed by atoms with Crippen LogP contribution in [0, 0.1) is 5.92 Å². The van der Waals surface area contributed by atoms with Gasteiger partial charge in [0.1, 0.15) is 12.4 Å². The number of hydrogen-bond donors (Lipinski definition) is 2. The van der Waals surface area contributed by atoms with Gasteiger partial charge in [0.2, 0.25) is 0 Å². The largest absolute Gasteiger partial charge is 0.508 e. The van der Waals surface area contributed by atoms with E-state index < -0.39 is 5.97 Å². The average Bonchev–Trinajstić information content (AvgIpc) is 2.68. The number of rotatable bonds is 7. The van der Waals surface area contributed by atoms with Crippen molar-refractivity contribution in [3.63, 3.8) is 0 Å². The van der Waals surface area contributed by atoms with Crippen LogP contribution in [0.5, 0.6) is 5.75 Å². The highest BCUT2D eigenvalue weighted by molar-refractivity contribution is 5.90. The van der Waals surface area contributed by atoms with Crippen molar-refractivity contribution in [2.75, 3.05) is 26.2 Å². The number of aromatic hydroxyl groups is 1. The lowest BCUT2D eigenvalue weighted by molar-refractivity contribution is -0.143. The van der Waals surface area contributed by atoms with E-state index >= 15 is 0 Å². The fraction of sp³-hybridized carbons (Fsp3) is 0.333. The summed E-state index contributed by atoms with van der Waals surface area (Å²) >= 11 is 0. The van der Waals surface area contributed by atoms with Gasteiger partial charge in [-0.25, -0.2) is 0 Å². The summed E-state index contributed by atoms with van der Waals surface area (Å²) in [5, 5.41) is 22.9. The number of carboxylic acid groups (broad SMARTS) is 1. The minimum absolute atomic E-state index is 0. The molecule has 1 heterocycles. The third kappa shape index (κ3) is 5.97. The topological polar surface area (TPSA) is 82.4 Å². The van der Waals surface area contributed by atoms with E-state index in [1.165, 1.54) is 0 Å². The summed E-state index contributed by atoms with van der Waals surface area (Å²) < 4.78 is 0. The van der Waals surface area contributed by atoms with Gasteiger partial charge >= 0.3 is 5.97 Å². The lowest BCUT2D eigenvalue weighted by atomic mass is 9.98. The van der Waals surface area contributed by atoms with Crippen LogP contribution in [0.1, 0.15) is 18.4 Å². The first-order valence-corrected chi connectivity index (χ1v) is 9.12. The minimum atomic E-state index is -0.720. The average molecular weight is 405 g/mol. The summed E-state index contributed by atoms with van der Waals surface area (Å²) in [6, 6.07) is 14.9. The molecule has 1 unspecified atom stereocenters. The number of benzene rings is 2. The Morgan fingerprint density at radius 1 is 1.25 bits per heavy atom. The molecule has 0 saturated carbocycles. The zero-order chi connectivity index (χ0) is 19.1. The highest BCUT2D eigenvalue weighted by Gasteiger charge is 2.24. The maximum atomic E-state index is 11.1. The maximum Gasteiger partial charge on any atom is 0.307 e. The van der Waals surface area contributed by atoms with Gasteiger partial charge in [0.25, 0.3) is 0 Å². The van der Waals surface area contributed by atoms with Crippen molar-refractivity contribution < 1.29 is 19.8 Å². The SMILES string of the molecule is Cl.O=C(O)C1CCCN(CCON=Cc2ccccc2-c2cccc(O)c2)C1. The predicted octanol–water partition coefficient (Wildman–Crippen LogP) is 3.63. The van der Waals surface area contributed by atoms with Crippen LogP contribution in [0.15, 0.2) is 53.7 Å². The van der Waals surface area contributed by atoms with Crippen LogP contribution in [0.4, 0.5) is 0 Å². The van der Waals surface area contributed by atoms with E-state index in [0.29, 0.717) is 19.7 Å². The lowest BCUT2D eigenvalue weighted by Crippen LogP contribution is -2.40. The molecule has 1 atom stereocenters. The number of nitrogens with zero attached hydrogens (tertiary/aromatic N) is 2. The number of halogens is 1. The summed E-state index contributed by atoms with van der Waals surface area (Å²) in [5.74, 6) is -0.782. The molecule has 2 aromatic carbocycles. The van der Waals surface area contributed by atoms with Crippen LogP contribution >= 0.6 is 12.4 Å². The van der Waals surface area contributed by atoms with Crippen LogP contribution < -0.4 is 0 Å². The van der Waals surface area contributed by atoms with E-state index in [9.17, 15) is 9.90 Å². The molecule has 0 radical (unpaired) electrons. The highest BCUT2D eigenvalue weighted by Crippen LogP contribution is 2.25. The molecule has 150 valence electrons. The Morgan fingerprint density at radius 2 is 2.07 bits per heavy atom. The summed E-state index contributed by atoms with van der Waals surface area (Å²) in [4.78, 5) is 18.6. The molecule has 7 heteroatoms. The molecule has 0 spiro atoms. The molecule has 1 aliphatic heterocycles. The van der Waals surface area contributed by atoms with Gasteiger partial charge in [-0.1, -0.05) is 41.6 Å². The molecule has 0 aromatic heterocycles. The number of hydrogen-bond acceptors (Lipinski definition) is 5. The highest BCUT2D eigenvalue weighted by atomic mass is 35.5. The fourth-order valence-electron chi connectivity index (χ4n) is 3.32. The quantitative estimate of drug-likeness (QED) is 0.418. The molecule has 0 aliphatic carbocycles. The molecule has 2 aromatic rings. The van der Waals surface area contributed by atoms with E-state index in [2.05, 4.69) is 10.1 Å². The zero-order valence-electron chi connectivity index (χ0n) is 15.5. The molecule has 6 nitrogen and oxygen atoms in total. The standard InChI is InChI=1S/C21H24N2O4.ClH/c24-19-8-3-6-16(13-19)20-9-2-1-5-17(20)14-22-27-12-11-23-10-4-7-18(15-23)21(25)26;/h1-3,5-6,8-9,13-14,18,24H,4,7,10-12,15H2,(H,25,26);1H. The molecule has 1 aliphatic rings. The van der Waals surface area contributed by atoms with Crippen molar-refractivity contribution >= 4 is 24.6 Å². The van der Waals surface area contributed by atoms with Crippen LogP contribution in [0.25, 0.3) is 11.1 Å². The van der Waals surface area contributed by atoms with Crippen molar-refractivity contribution in [3.8, 4) is 16.9 Å². The van der Waals surface area contributed by atoms with E-state index in [1.54, 1.807) is 24.4 Å². The van der Waals surface area contributed by atoms with E-state index in [-0.39, 0.29) is 24.1 Å². The number of oxime groups is 1. The first-order valence-electron chi connectivity index (χ1n) is 9.12. The summed E-state index contributed by atoms with van der Waals surface area (Å²) in [5.41, 5.74) is 2.76. The van der Waals surface area contributed by atoms with Crippen molar-refractivity contribution in [1.82, 2.24) is 4.90 Å². The third-order valence-corrected chi connectivity index (χ3v) is 4.74. The van der Waals surface area contributed by atoms with Gasteiger partial charge in [-0.15, -0.1) is 12.4 Å². The van der Waals surface area contributed by atoms with Crippen LogP contribution in [-0.4, -0.2) is 53.5 Å². The third-order valence-electron chi connectivity index (χ3n) is 4.74. The zero-order valence-corrected chi connectivity index (χ0v) is 16.3. The molecular formula is C21H25ClN2O4. The van der Waals surface area contributed by atoms with Gasteiger partial charge in [-0.3, -0.25) is 9.69 Å². The number of phenolic OH excluding ortho intramolecular Hbond substituents is 1. The van der Waals surface area contributed by atoms with E-state index in [0.717, 1.165) is 36.1 Å². The van der Waals surface area contributed by atoms with Crippen molar-refractivity contribution in [1.29, 1.82) is 0 Å². The van der Waals surface area contributed by atoms with Crippen LogP contribution in [-0.2, 0) is 9.63 Å². The molecule has 0 amide bonds. The number of carbonyl (C=O) groups is 1. The number of carboxylic acids is 1. The van der Waals surface area contributed by atoms with E-state index in [4.69, 9.17) is 9.94 Å². The number of phenols is 1. The molecule has 2 N–H and O–H groups in total.